The number of nitrogens with zero attached hydrogens (tertiary/aromatic N) is 6. The van der Waals surface area contributed by atoms with Crippen molar-refractivity contribution >= 4 is 16.8 Å². The third-order valence-electron chi connectivity index (χ3n) is 6.65. The highest BCUT2D eigenvalue weighted by molar-refractivity contribution is 5.94. The highest BCUT2D eigenvalue weighted by Gasteiger charge is 2.31. The summed E-state index contributed by atoms with van der Waals surface area (Å²) in [7, 11) is 4.13. The Hall–Kier alpha value is -4.75. The first-order valence-corrected chi connectivity index (χ1v) is 13.7. The van der Waals surface area contributed by atoms with Gasteiger partial charge in [-0.25, -0.2) is 4.98 Å². The van der Waals surface area contributed by atoms with Crippen molar-refractivity contribution in [3.63, 3.8) is 0 Å². The van der Waals surface area contributed by atoms with Crippen molar-refractivity contribution < 1.29 is 18.0 Å². The summed E-state index contributed by atoms with van der Waals surface area (Å²) in [5, 5.41) is 4.47. The second-order valence-electron chi connectivity index (χ2n) is 10.4. The predicted octanol–water partition coefficient (Wildman–Crippen LogP) is 6.49. The third kappa shape index (κ3) is 8.17. The van der Waals surface area contributed by atoms with Crippen molar-refractivity contribution in [2.24, 2.45) is 0 Å². The van der Waals surface area contributed by atoms with Crippen molar-refractivity contribution in [1.82, 2.24) is 29.2 Å². The lowest BCUT2D eigenvalue weighted by molar-refractivity contribution is -0.137. The minimum atomic E-state index is -4.42. The molecule has 0 spiro atoms. The molecule has 222 valence electrons. The van der Waals surface area contributed by atoms with E-state index < -0.39 is 17.5 Å². The minimum Gasteiger partial charge on any atom is -0.308 e. The van der Waals surface area contributed by atoms with Gasteiger partial charge in [0.25, 0.3) is 0 Å². The highest BCUT2D eigenvalue weighted by Crippen LogP contribution is 2.29. The molecule has 5 aromatic rings. The number of ketones is 1. The van der Waals surface area contributed by atoms with E-state index in [9.17, 15) is 18.0 Å². The molecule has 0 aliphatic heterocycles. The van der Waals surface area contributed by atoms with Gasteiger partial charge in [0, 0.05) is 36.5 Å². The number of aromatic nitrogens is 5. The van der Waals surface area contributed by atoms with E-state index in [1.807, 2.05) is 23.3 Å². The Balaban J connectivity index is 0.000000255. The third-order valence-corrected chi connectivity index (χ3v) is 6.65. The lowest BCUT2D eigenvalue weighted by atomic mass is 10.1. The SMILES string of the molecule is CCC(=O)c1cc(C(F)(F)F)ccn1.Cc1ccc(C)c(C#Cc2ccc3c(c2)ncn3-c2cnn(CCN(C)C)c2)c1. The molecule has 43 heavy (non-hydrogen) atoms. The van der Waals surface area contributed by atoms with Crippen molar-refractivity contribution in [3.8, 4) is 17.5 Å². The topological polar surface area (TPSA) is 68.8 Å². The quantitative estimate of drug-likeness (QED) is 0.168. The maximum absolute atomic E-state index is 12.2. The molecule has 0 fully saturated rings. The van der Waals surface area contributed by atoms with Gasteiger partial charge in [-0.1, -0.05) is 30.9 Å². The molecule has 0 saturated carbocycles. The molecule has 0 aliphatic carbocycles. The number of hydrogen-bond donors (Lipinski definition) is 0. The Morgan fingerprint density at radius 2 is 1.79 bits per heavy atom. The van der Waals surface area contributed by atoms with E-state index in [4.69, 9.17) is 0 Å². The Labute approximate surface area is 249 Å². The lowest BCUT2D eigenvalue weighted by Gasteiger charge is -2.08. The second kappa shape index (κ2) is 13.5. The Morgan fingerprint density at radius 1 is 1.00 bits per heavy atom. The Morgan fingerprint density at radius 3 is 2.51 bits per heavy atom. The molecule has 3 aromatic heterocycles. The Bertz CT molecular complexity index is 1790. The fourth-order valence-corrected chi connectivity index (χ4v) is 4.15. The molecule has 0 atom stereocenters. The number of rotatable bonds is 6. The number of hydrogen-bond acceptors (Lipinski definition) is 5. The molecule has 0 aliphatic rings. The van der Waals surface area contributed by atoms with Crippen molar-refractivity contribution in [3.05, 3.63) is 107 Å². The van der Waals surface area contributed by atoms with Crippen LogP contribution in [0.5, 0.6) is 0 Å². The van der Waals surface area contributed by atoms with Crippen LogP contribution >= 0.6 is 0 Å². The second-order valence-corrected chi connectivity index (χ2v) is 10.4. The average Bonchev–Trinajstić information content (AvgIpc) is 3.63. The number of fused-ring (bicyclic) bond motifs is 1. The smallest absolute Gasteiger partial charge is 0.308 e. The van der Waals surface area contributed by atoms with Crippen LogP contribution in [0, 0.1) is 25.7 Å². The van der Waals surface area contributed by atoms with Gasteiger partial charge in [0.05, 0.1) is 35.0 Å². The zero-order chi connectivity index (χ0) is 31.1. The predicted molar refractivity (Wildman–Crippen MR) is 161 cm³/mol. The number of aryl methyl sites for hydroxylation is 2. The van der Waals surface area contributed by atoms with E-state index in [1.54, 1.807) is 6.92 Å². The minimum absolute atomic E-state index is 0.137. The maximum atomic E-state index is 12.2. The standard InChI is InChI=1S/C24H25N5.C9H8F3NO/c1-18-5-6-19(2)21(13-18)9-7-20-8-10-24-23(14-20)25-17-29(24)22-15-26-28(16-22)12-11-27(3)4;1-2-8(14)7-5-6(3-4-13-7)9(10,11)12/h5-6,8,10,13-17H,11-12H2,1-4H3;3-5H,2H2,1H3. The van der Waals surface area contributed by atoms with Crippen LogP contribution in [0.15, 0.2) is 73.4 Å². The largest absolute Gasteiger partial charge is 0.416 e. The summed E-state index contributed by atoms with van der Waals surface area (Å²) in [6.07, 6.45) is 2.50. The van der Waals surface area contributed by atoms with E-state index in [0.717, 1.165) is 59.3 Å². The van der Waals surface area contributed by atoms with Crippen LogP contribution in [0.4, 0.5) is 13.2 Å². The van der Waals surface area contributed by atoms with Crippen LogP contribution in [0.1, 0.15) is 51.7 Å². The number of halogens is 3. The van der Waals surface area contributed by atoms with Gasteiger partial charge >= 0.3 is 6.18 Å². The van der Waals surface area contributed by atoms with Crippen molar-refractivity contribution in [2.75, 3.05) is 20.6 Å². The summed E-state index contributed by atoms with van der Waals surface area (Å²) in [4.78, 5) is 21.4. The van der Waals surface area contributed by atoms with Crippen LogP contribution in [0.25, 0.3) is 16.7 Å². The number of carbonyl (C=O) groups excluding carboxylic acids is 1. The number of Topliss-reactive ketones (excluding diaryl/α,β-unsaturated/α-hetero) is 1. The summed E-state index contributed by atoms with van der Waals surface area (Å²) in [5.41, 5.74) is 6.46. The van der Waals surface area contributed by atoms with Crippen molar-refractivity contribution in [1.29, 1.82) is 0 Å². The number of carbonyl (C=O) groups is 1. The van der Waals surface area contributed by atoms with Gasteiger partial charge in [0.15, 0.2) is 5.78 Å². The monoisotopic (exact) mass is 586 g/mol. The number of benzene rings is 2. The molecular weight excluding hydrogens is 553 g/mol. The summed E-state index contributed by atoms with van der Waals surface area (Å²) in [6, 6.07) is 14.1. The molecule has 7 nitrogen and oxygen atoms in total. The number of pyridine rings is 1. The maximum Gasteiger partial charge on any atom is 0.416 e. The van der Waals surface area contributed by atoms with Gasteiger partial charge in [-0.05, 0) is 75.5 Å². The summed E-state index contributed by atoms with van der Waals surface area (Å²) < 4.78 is 40.6. The van der Waals surface area contributed by atoms with Crippen molar-refractivity contribution in [2.45, 2.75) is 39.9 Å². The van der Waals surface area contributed by atoms with Gasteiger partial charge < -0.3 is 4.90 Å². The number of likely N-dealkylation sites (N-methyl/N-ethyl adjacent to an activating group) is 1. The van der Waals surface area contributed by atoms with Crippen LogP contribution in [-0.4, -0.2) is 55.6 Å². The summed E-state index contributed by atoms with van der Waals surface area (Å²) in [6.45, 7) is 7.56. The molecule has 3 heterocycles. The van der Waals surface area contributed by atoms with Gasteiger partial charge in [-0.2, -0.15) is 18.3 Å². The fraction of sp³-hybridized carbons (Fsp3) is 0.273. The molecule has 0 saturated heterocycles. The first-order valence-electron chi connectivity index (χ1n) is 13.7. The van der Waals surface area contributed by atoms with Gasteiger partial charge in [0.1, 0.15) is 12.0 Å². The fourth-order valence-electron chi connectivity index (χ4n) is 4.15. The van der Waals surface area contributed by atoms with Gasteiger partial charge in [-0.3, -0.25) is 19.0 Å². The van der Waals surface area contributed by atoms with E-state index in [2.05, 4.69) is 101 Å². The number of alkyl halides is 3. The summed E-state index contributed by atoms with van der Waals surface area (Å²) in [5.74, 6) is 6.19. The molecular formula is C33H33F3N6O. The first-order chi connectivity index (χ1) is 20.4. The van der Waals surface area contributed by atoms with E-state index in [1.165, 1.54) is 11.1 Å². The molecule has 0 bridgehead atoms. The van der Waals surface area contributed by atoms with E-state index in [-0.39, 0.29) is 12.1 Å². The highest BCUT2D eigenvalue weighted by atomic mass is 19.4. The summed E-state index contributed by atoms with van der Waals surface area (Å²) >= 11 is 0. The van der Waals surface area contributed by atoms with E-state index >= 15 is 0 Å². The van der Waals surface area contributed by atoms with E-state index in [0.29, 0.717) is 0 Å². The molecule has 0 radical (unpaired) electrons. The first kappa shape index (κ1) is 31.2. The molecule has 0 unspecified atom stereocenters. The zero-order valence-corrected chi connectivity index (χ0v) is 24.8. The van der Waals surface area contributed by atoms with Crippen LogP contribution in [0.2, 0.25) is 0 Å². The zero-order valence-electron chi connectivity index (χ0n) is 24.8. The van der Waals surface area contributed by atoms with Crippen LogP contribution in [0.3, 0.4) is 0 Å². The number of imidazole rings is 1. The Kier molecular flexibility index (Phi) is 9.78. The molecule has 10 heteroatoms. The molecule has 2 aromatic carbocycles. The molecule has 5 rings (SSSR count). The normalized spacial score (nSPS) is 11.2. The van der Waals surface area contributed by atoms with Crippen LogP contribution in [-0.2, 0) is 12.7 Å². The lowest BCUT2D eigenvalue weighted by Crippen LogP contribution is -2.18. The van der Waals surface area contributed by atoms with Crippen LogP contribution < -0.4 is 0 Å². The molecule has 0 amide bonds. The van der Waals surface area contributed by atoms with Gasteiger partial charge in [-0.15, -0.1) is 0 Å². The average molecular weight is 587 g/mol. The molecule has 0 N–H and O–H groups in total. The van der Waals surface area contributed by atoms with Gasteiger partial charge in [0.2, 0.25) is 0 Å².